The zero-order valence-electron chi connectivity index (χ0n) is 7.84. The first kappa shape index (κ1) is 27.5. The van der Waals surface area contributed by atoms with Crippen LogP contribution in [-0.4, -0.2) is 37.0 Å². The molecule has 0 aliphatic carbocycles. The van der Waals surface area contributed by atoms with Gasteiger partial charge < -0.3 is 9.11 Å². The molecule has 0 aliphatic rings. The van der Waals surface area contributed by atoms with Gasteiger partial charge in [0.25, 0.3) is 0 Å². The second-order valence-corrected chi connectivity index (χ2v) is 4.54. The van der Waals surface area contributed by atoms with Crippen LogP contribution in [0.25, 0.3) is 0 Å². The first-order valence-corrected chi connectivity index (χ1v) is 5.36. The maximum Gasteiger partial charge on any atom is 1.00 e. The summed E-state index contributed by atoms with van der Waals surface area (Å²) in [6.45, 7) is 0. The van der Waals surface area contributed by atoms with Crippen molar-refractivity contribution < 1.29 is 104 Å². The van der Waals surface area contributed by atoms with Crippen LogP contribution >= 0.6 is 0 Å². The van der Waals surface area contributed by atoms with Crippen molar-refractivity contribution in [1.82, 2.24) is 0 Å². The predicted molar refractivity (Wildman–Crippen MR) is 31.5 cm³/mol. The SMILES string of the molecule is O=S(=O)([O-])C(F)(F)F.O=S(=O)([O-])C(F)(F)F.[Ag+].[Na+]. The van der Waals surface area contributed by atoms with E-state index >= 15 is 0 Å². The minimum Gasteiger partial charge on any atom is -0.741 e. The predicted octanol–water partition coefficient (Wildman–Crippen LogP) is -2.90. The van der Waals surface area contributed by atoms with Gasteiger partial charge in [-0.3, -0.25) is 0 Å². The third-order valence-electron chi connectivity index (χ3n) is 0.567. The summed E-state index contributed by atoms with van der Waals surface area (Å²) in [6, 6.07) is 0. The van der Waals surface area contributed by atoms with Crippen LogP contribution in [0.1, 0.15) is 0 Å². The molecule has 0 aromatic heterocycles. The zero-order chi connectivity index (χ0) is 14.0. The summed E-state index contributed by atoms with van der Waals surface area (Å²) in [6.07, 6.45) is 0. The third kappa shape index (κ3) is 12.2. The van der Waals surface area contributed by atoms with E-state index in [0.717, 1.165) is 0 Å². The molecule has 110 valence electrons. The summed E-state index contributed by atoms with van der Waals surface area (Å²) < 4.78 is 118. The summed E-state index contributed by atoms with van der Waals surface area (Å²) in [5, 5.41) is 0. The van der Waals surface area contributed by atoms with Gasteiger partial charge >= 0.3 is 63.0 Å². The minimum atomic E-state index is -6.09. The van der Waals surface area contributed by atoms with Gasteiger partial charge in [0.2, 0.25) is 0 Å². The molecule has 0 saturated heterocycles. The molecular formula is C2AgF6NaO6S2. The Kier molecular flexibility index (Phi) is 12.9. The quantitative estimate of drug-likeness (QED) is 0.177. The largest absolute Gasteiger partial charge is 1.00 e. The molecule has 0 heterocycles. The molecule has 0 amide bonds. The van der Waals surface area contributed by atoms with Crippen LogP contribution in [0.2, 0.25) is 0 Å². The molecule has 6 nitrogen and oxygen atoms in total. The van der Waals surface area contributed by atoms with Crippen LogP contribution in [0.4, 0.5) is 26.3 Å². The summed E-state index contributed by atoms with van der Waals surface area (Å²) in [5.41, 5.74) is -11.3. The van der Waals surface area contributed by atoms with Crippen molar-refractivity contribution in [2.75, 3.05) is 0 Å². The Morgan fingerprint density at radius 3 is 0.722 bits per heavy atom. The van der Waals surface area contributed by atoms with E-state index in [1.807, 2.05) is 0 Å². The van der Waals surface area contributed by atoms with Gasteiger partial charge in [-0.15, -0.1) is 0 Å². The van der Waals surface area contributed by atoms with Crippen LogP contribution in [0.3, 0.4) is 0 Å². The van der Waals surface area contributed by atoms with Crippen LogP contribution < -0.4 is 29.6 Å². The summed E-state index contributed by atoms with van der Waals surface area (Å²) in [4.78, 5) is 0. The van der Waals surface area contributed by atoms with E-state index in [0.29, 0.717) is 0 Å². The molecule has 0 saturated carbocycles. The fraction of sp³-hybridized carbons (Fsp3) is 1.00. The molecule has 0 unspecified atom stereocenters. The van der Waals surface area contributed by atoms with E-state index in [9.17, 15) is 26.3 Å². The van der Waals surface area contributed by atoms with E-state index in [-0.39, 0.29) is 51.9 Å². The topological polar surface area (TPSA) is 114 Å². The van der Waals surface area contributed by atoms with Crippen molar-refractivity contribution >= 4 is 20.2 Å². The molecule has 0 N–H and O–H groups in total. The molecule has 0 aliphatic heterocycles. The molecule has 0 radical (unpaired) electrons. The van der Waals surface area contributed by atoms with Crippen molar-refractivity contribution in [2.45, 2.75) is 11.0 Å². The van der Waals surface area contributed by atoms with Crippen molar-refractivity contribution in [3.8, 4) is 0 Å². The van der Waals surface area contributed by atoms with Gasteiger partial charge in [-0.25, -0.2) is 16.8 Å². The molecule has 16 heteroatoms. The fourth-order valence-electron chi connectivity index (χ4n) is 0. The van der Waals surface area contributed by atoms with Gasteiger partial charge in [0.1, 0.15) is 0 Å². The number of hydrogen-bond acceptors (Lipinski definition) is 6. The number of alkyl halides is 6. The number of hydrogen-bond donors (Lipinski definition) is 0. The van der Waals surface area contributed by atoms with E-state index in [1.165, 1.54) is 0 Å². The maximum atomic E-state index is 10.7. The monoisotopic (exact) mass is 428 g/mol. The second kappa shape index (κ2) is 8.43. The van der Waals surface area contributed by atoms with Gasteiger partial charge in [0.15, 0.2) is 20.2 Å². The molecule has 0 aromatic carbocycles. The smallest absolute Gasteiger partial charge is 0.741 e. The van der Waals surface area contributed by atoms with Crippen LogP contribution in [0.15, 0.2) is 0 Å². The molecular weight excluding hydrogens is 429 g/mol. The molecule has 0 aromatic rings. The van der Waals surface area contributed by atoms with Gasteiger partial charge in [-0.2, -0.15) is 26.3 Å². The Morgan fingerprint density at radius 1 is 0.667 bits per heavy atom. The van der Waals surface area contributed by atoms with E-state index in [1.54, 1.807) is 0 Å². The first-order chi connectivity index (χ1) is 6.50. The average molecular weight is 429 g/mol. The Labute approximate surface area is 134 Å². The Hall–Kier alpha value is 1.14. The average Bonchev–Trinajstić information content (AvgIpc) is 1.77. The molecule has 0 fully saturated rings. The van der Waals surface area contributed by atoms with Crippen molar-refractivity contribution in [1.29, 1.82) is 0 Å². The van der Waals surface area contributed by atoms with Crippen molar-refractivity contribution in [3.63, 3.8) is 0 Å². The Balaban J connectivity index is -0.0000000980. The van der Waals surface area contributed by atoms with E-state index < -0.39 is 31.3 Å². The normalized spacial score (nSPS) is 12.4. The molecule has 18 heavy (non-hydrogen) atoms. The second-order valence-electron chi connectivity index (χ2n) is 1.80. The van der Waals surface area contributed by atoms with Gasteiger partial charge in [0, 0.05) is 0 Å². The van der Waals surface area contributed by atoms with Crippen LogP contribution in [0, 0.1) is 0 Å². The minimum absolute atomic E-state index is 0. The fourth-order valence-corrected chi connectivity index (χ4v) is 0. The third-order valence-corrected chi connectivity index (χ3v) is 1.70. The zero-order valence-corrected chi connectivity index (χ0v) is 13.0. The number of rotatable bonds is 0. The maximum absolute atomic E-state index is 10.7. The standard InChI is InChI=1S/2CHF3O3S.Ag.Na/c2*2-1(3,4)8(5,6)7;;/h2*(H,5,6,7);;/q;;2*+1/p-2. The van der Waals surface area contributed by atoms with E-state index in [2.05, 4.69) is 0 Å². The van der Waals surface area contributed by atoms with Crippen molar-refractivity contribution in [3.05, 3.63) is 0 Å². The van der Waals surface area contributed by atoms with Crippen LogP contribution in [0.5, 0.6) is 0 Å². The molecule has 0 bridgehead atoms. The molecule has 0 spiro atoms. The Bertz CT molecular complexity index is 380. The number of halogens is 6. The van der Waals surface area contributed by atoms with Gasteiger partial charge in [0.05, 0.1) is 0 Å². The Morgan fingerprint density at radius 2 is 0.722 bits per heavy atom. The summed E-state index contributed by atoms with van der Waals surface area (Å²) >= 11 is 0. The first-order valence-electron chi connectivity index (χ1n) is 2.54. The molecule has 0 rings (SSSR count). The van der Waals surface area contributed by atoms with Gasteiger partial charge in [-0.05, 0) is 0 Å². The van der Waals surface area contributed by atoms with Crippen LogP contribution in [-0.2, 0) is 42.6 Å². The van der Waals surface area contributed by atoms with Crippen molar-refractivity contribution in [2.24, 2.45) is 0 Å². The molecule has 0 atom stereocenters. The summed E-state index contributed by atoms with van der Waals surface area (Å²) in [5.74, 6) is 0. The van der Waals surface area contributed by atoms with Gasteiger partial charge in [-0.1, -0.05) is 0 Å². The van der Waals surface area contributed by atoms with E-state index in [4.69, 9.17) is 25.9 Å². The summed E-state index contributed by atoms with van der Waals surface area (Å²) in [7, 11) is -12.2.